The van der Waals surface area contributed by atoms with Crippen molar-refractivity contribution in [3.63, 3.8) is 0 Å². The predicted octanol–water partition coefficient (Wildman–Crippen LogP) is 1.06. The molecule has 0 atom stereocenters. The highest BCUT2D eigenvalue weighted by Gasteiger charge is 2.11. The summed E-state index contributed by atoms with van der Waals surface area (Å²) in [6.07, 6.45) is 1.57. The van der Waals surface area contributed by atoms with E-state index in [1.54, 1.807) is 12.3 Å². The molecule has 6 heteroatoms. The molecule has 1 amide bonds. The van der Waals surface area contributed by atoms with Gasteiger partial charge in [0.1, 0.15) is 5.82 Å². The summed E-state index contributed by atoms with van der Waals surface area (Å²) in [6, 6.07) is 5.67. The lowest BCUT2D eigenvalue weighted by atomic mass is 10.2. The van der Waals surface area contributed by atoms with Crippen LogP contribution in [0.3, 0.4) is 0 Å². The number of carbonyl (C=O) groups is 1. The second-order valence-corrected chi connectivity index (χ2v) is 3.50. The molecular weight excluding hydrogens is 223 g/mol. The summed E-state index contributed by atoms with van der Waals surface area (Å²) in [5.41, 5.74) is 6.39. The highest BCUT2D eigenvalue weighted by Crippen LogP contribution is 2.11. The van der Waals surface area contributed by atoms with Crippen LogP contribution >= 0.6 is 0 Å². The van der Waals surface area contributed by atoms with Crippen LogP contribution in [0.25, 0.3) is 0 Å². The molecule has 0 unspecified atom stereocenters. The molecule has 88 valence electrons. The smallest absolute Gasteiger partial charge is 0.254 e. The molecule has 0 aliphatic carbocycles. The van der Waals surface area contributed by atoms with Gasteiger partial charge in [-0.3, -0.25) is 9.89 Å². The largest absolute Gasteiger partial charge is 0.399 e. The number of aromatic nitrogens is 2. The van der Waals surface area contributed by atoms with Crippen molar-refractivity contribution in [3.8, 4) is 0 Å². The Kier molecular flexibility index (Phi) is 3.04. The third-order valence-corrected chi connectivity index (χ3v) is 2.24. The van der Waals surface area contributed by atoms with Crippen molar-refractivity contribution in [2.24, 2.45) is 0 Å². The number of hydrogen-bond donors (Lipinski definition) is 3. The van der Waals surface area contributed by atoms with Crippen molar-refractivity contribution in [2.75, 3.05) is 5.73 Å². The van der Waals surface area contributed by atoms with Gasteiger partial charge in [0.15, 0.2) is 0 Å². The van der Waals surface area contributed by atoms with Crippen molar-refractivity contribution >= 4 is 11.6 Å². The van der Waals surface area contributed by atoms with Crippen LogP contribution in [0, 0.1) is 5.82 Å². The van der Waals surface area contributed by atoms with Gasteiger partial charge in [0.2, 0.25) is 0 Å². The third-order valence-electron chi connectivity index (χ3n) is 2.24. The number of nitrogens with zero attached hydrogens (tertiary/aromatic N) is 1. The number of nitrogens with two attached hydrogens (primary N) is 1. The average molecular weight is 234 g/mol. The SMILES string of the molecule is Nc1ccc(C(=O)NCc2ccn[nH]2)c(F)c1. The molecule has 0 aliphatic rings. The van der Waals surface area contributed by atoms with Gasteiger partial charge in [-0.05, 0) is 24.3 Å². The van der Waals surface area contributed by atoms with Crippen LogP contribution in [-0.2, 0) is 6.54 Å². The van der Waals surface area contributed by atoms with E-state index in [1.165, 1.54) is 12.1 Å². The molecule has 4 N–H and O–H groups in total. The summed E-state index contributed by atoms with van der Waals surface area (Å²) in [4.78, 5) is 11.6. The van der Waals surface area contributed by atoms with Gasteiger partial charge in [-0.15, -0.1) is 0 Å². The van der Waals surface area contributed by atoms with Gasteiger partial charge >= 0.3 is 0 Å². The lowest BCUT2D eigenvalue weighted by molar-refractivity contribution is 0.0946. The predicted molar refractivity (Wildman–Crippen MR) is 60.6 cm³/mol. The molecule has 1 aromatic heterocycles. The van der Waals surface area contributed by atoms with Gasteiger partial charge in [-0.1, -0.05) is 0 Å². The summed E-state index contributed by atoms with van der Waals surface area (Å²) in [5.74, 6) is -1.12. The van der Waals surface area contributed by atoms with Crippen LogP contribution in [0.1, 0.15) is 16.1 Å². The van der Waals surface area contributed by atoms with Crippen molar-refractivity contribution < 1.29 is 9.18 Å². The fraction of sp³-hybridized carbons (Fsp3) is 0.0909. The van der Waals surface area contributed by atoms with E-state index in [-0.39, 0.29) is 17.8 Å². The van der Waals surface area contributed by atoms with Crippen LogP contribution in [0.2, 0.25) is 0 Å². The van der Waals surface area contributed by atoms with E-state index >= 15 is 0 Å². The summed E-state index contributed by atoms with van der Waals surface area (Å²) in [5, 5.41) is 8.99. The maximum Gasteiger partial charge on any atom is 0.254 e. The topological polar surface area (TPSA) is 83.8 Å². The Hall–Kier alpha value is -2.37. The van der Waals surface area contributed by atoms with Crippen molar-refractivity contribution in [1.29, 1.82) is 0 Å². The molecule has 2 rings (SSSR count). The number of aromatic amines is 1. The van der Waals surface area contributed by atoms with Crippen molar-refractivity contribution in [1.82, 2.24) is 15.5 Å². The molecule has 0 saturated heterocycles. The molecule has 0 bridgehead atoms. The second-order valence-electron chi connectivity index (χ2n) is 3.50. The van der Waals surface area contributed by atoms with Crippen LogP contribution < -0.4 is 11.1 Å². The summed E-state index contributed by atoms with van der Waals surface area (Å²) >= 11 is 0. The Bertz CT molecular complexity index is 524. The lowest BCUT2D eigenvalue weighted by Gasteiger charge is -2.05. The van der Waals surface area contributed by atoms with E-state index in [2.05, 4.69) is 15.5 Å². The maximum atomic E-state index is 13.4. The minimum Gasteiger partial charge on any atom is -0.399 e. The monoisotopic (exact) mass is 234 g/mol. The number of nitrogen functional groups attached to an aromatic ring is 1. The van der Waals surface area contributed by atoms with E-state index < -0.39 is 11.7 Å². The molecule has 5 nitrogen and oxygen atoms in total. The Morgan fingerprint density at radius 2 is 2.29 bits per heavy atom. The third kappa shape index (κ3) is 2.60. The van der Waals surface area contributed by atoms with Crippen LogP contribution in [0.15, 0.2) is 30.5 Å². The van der Waals surface area contributed by atoms with Crippen LogP contribution in [0.4, 0.5) is 10.1 Å². The number of carbonyl (C=O) groups excluding carboxylic acids is 1. The number of rotatable bonds is 3. The van der Waals surface area contributed by atoms with E-state index in [1.807, 2.05) is 0 Å². The van der Waals surface area contributed by atoms with Crippen LogP contribution in [0.5, 0.6) is 0 Å². The first-order valence-corrected chi connectivity index (χ1v) is 4.98. The minimum atomic E-state index is -0.632. The number of anilines is 1. The second kappa shape index (κ2) is 4.65. The molecule has 0 saturated carbocycles. The first-order chi connectivity index (χ1) is 8.16. The van der Waals surface area contributed by atoms with Gasteiger partial charge in [0, 0.05) is 11.9 Å². The van der Waals surface area contributed by atoms with Gasteiger partial charge in [-0.25, -0.2) is 4.39 Å². The average Bonchev–Trinajstić information content (AvgIpc) is 2.78. The van der Waals surface area contributed by atoms with E-state index in [9.17, 15) is 9.18 Å². The fourth-order valence-corrected chi connectivity index (χ4v) is 1.37. The zero-order chi connectivity index (χ0) is 12.3. The van der Waals surface area contributed by atoms with Crippen molar-refractivity contribution in [2.45, 2.75) is 6.54 Å². The summed E-state index contributed by atoms with van der Waals surface area (Å²) < 4.78 is 13.4. The summed E-state index contributed by atoms with van der Waals surface area (Å²) in [7, 11) is 0. The first kappa shape index (κ1) is 11.1. The Balaban J connectivity index is 2.04. The lowest BCUT2D eigenvalue weighted by Crippen LogP contribution is -2.24. The number of halogens is 1. The van der Waals surface area contributed by atoms with Gasteiger partial charge in [0.25, 0.3) is 5.91 Å². The zero-order valence-electron chi connectivity index (χ0n) is 8.90. The molecule has 1 aromatic carbocycles. The Labute approximate surface area is 96.8 Å². The maximum absolute atomic E-state index is 13.4. The number of nitrogens with one attached hydrogen (secondary N) is 2. The Morgan fingerprint density at radius 1 is 1.47 bits per heavy atom. The number of hydrogen-bond acceptors (Lipinski definition) is 3. The van der Waals surface area contributed by atoms with Gasteiger partial charge < -0.3 is 11.1 Å². The molecule has 0 radical (unpaired) electrons. The highest BCUT2D eigenvalue weighted by atomic mass is 19.1. The molecule has 1 heterocycles. The van der Waals surface area contributed by atoms with E-state index in [0.29, 0.717) is 0 Å². The first-order valence-electron chi connectivity index (χ1n) is 4.98. The molecule has 0 spiro atoms. The molecular formula is C11H11FN4O. The van der Waals surface area contributed by atoms with Crippen molar-refractivity contribution in [3.05, 3.63) is 47.5 Å². The minimum absolute atomic E-state index is 0.0290. The number of amides is 1. The van der Waals surface area contributed by atoms with Gasteiger partial charge in [-0.2, -0.15) is 5.10 Å². The normalized spacial score (nSPS) is 10.2. The molecule has 0 fully saturated rings. The summed E-state index contributed by atoms with van der Waals surface area (Å²) in [6.45, 7) is 0.267. The Morgan fingerprint density at radius 3 is 2.94 bits per heavy atom. The quantitative estimate of drug-likeness (QED) is 0.694. The molecule has 0 aliphatic heterocycles. The van der Waals surface area contributed by atoms with E-state index in [0.717, 1.165) is 11.8 Å². The number of benzene rings is 1. The van der Waals surface area contributed by atoms with E-state index in [4.69, 9.17) is 5.73 Å². The fourth-order valence-electron chi connectivity index (χ4n) is 1.37. The van der Waals surface area contributed by atoms with Crippen LogP contribution in [-0.4, -0.2) is 16.1 Å². The standard InChI is InChI=1S/C11H11FN4O/c12-10-5-7(13)1-2-9(10)11(17)14-6-8-3-4-15-16-8/h1-5H,6,13H2,(H,14,17)(H,15,16). The highest BCUT2D eigenvalue weighted by molar-refractivity contribution is 5.94. The molecule has 2 aromatic rings. The molecule has 17 heavy (non-hydrogen) atoms. The van der Waals surface area contributed by atoms with Gasteiger partial charge in [0.05, 0.1) is 17.8 Å². The number of H-pyrrole nitrogens is 1. The zero-order valence-corrected chi connectivity index (χ0v) is 8.90.